The SMILES string of the molecule is CCC(CC1CC1)NC1CCc2cc(O)ccc21. The summed E-state index contributed by atoms with van der Waals surface area (Å²) < 4.78 is 0. The van der Waals surface area contributed by atoms with E-state index in [1.165, 1.54) is 43.2 Å². The van der Waals surface area contributed by atoms with Crippen molar-refractivity contribution >= 4 is 0 Å². The van der Waals surface area contributed by atoms with Crippen molar-refractivity contribution in [2.75, 3.05) is 0 Å². The van der Waals surface area contributed by atoms with Gasteiger partial charge in [0.25, 0.3) is 0 Å². The van der Waals surface area contributed by atoms with E-state index in [1.54, 1.807) is 0 Å². The average Bonchev–Trinajstić information content (AvgIpc) is 3.10. The zero-order valence-corrected chi connectivity index (χ0v) is 11.2. The molecule has 2 unspecified atom stereocenters. The van der Waals surface area contributed by atoms with E-state index >= 15 is 0 Å². The molecule has 0 spiro atoms. The van der Waals surface area contributed by atoms with Gasteiger partial charge in [-0.2, -0.15) is 0 Å². The van der Waals surface area contributed by atoms with Crippen molar-refractivity contribution in [2.45, 2.75) is 57.5 Å². The first-order valence-corrected chi connectivity index (χ1v) is 7.34. The normalized spacial score (nSPS) is 23.9. The summed E-state index contributed by atoms with van der Waals surface area (Å²) >= 11 is 0. The monoisotopic (exact) mass is 245 g/mol. The topological polar surface area (TPSA) is 32.3 Å². The van der Waals surface area contributed by atoms with Crippen LogP contribution in [0.4, 0.5) is 0 Å². The smallest absolute Gasteiger partial charge is 0.115 e. The Bertz CT molecular complexity index is 425. The molecule has 2 nitrogen and oxygen atoms in total. The van der Waals surface area contributed by atoms with Gasteiger partial charge < -0.3 is 10.4 Å². The van der Waals surface area contributed by atoms with E-state index in [1.807, 2.05) is 12.1 Å². The second-order valence-corrected chi connectivity index (χ2v) is 5.93. The van der Waals surface area contributed by atoms with E-state index in [2.05, 4.69) is 18.3 Å². The number of benzene rings is 1. The van der Waals surface area contributed by atoms with Crippen molar-refractivity contribution in [3.63, 3.8) is 0 Å². The summed E-state index contributed by atoms with van der Waals surface area (Å²) in [7, 11) is 0. The highest BCUT2D eigenvalue weighted by atomic mass is 16.3. The van der Waals surface area contributed by atoms with Gasteiger partial charge in [0.05, 0.1) is 0 Å². The number of fused-ring (bicyclic) bond motifs is 1. The Kier molecular flexibility index (Phi) is 3.29. The first-order valence-electron chi connectivity index (χ1n) is 7.34. The van der Waals surface area contributed by atoms with Gasteiger partial charge in [-0.05, 0) is 54.9 Å². The standard InChI is InChI=1S/C16H23NO/c1-2-13(9-11-3-4-11)17-16-8-5-12-10-14(18)6-7-15(12)16/h6-7,10-11,13,16-18H,2-5,8-9H2,1H3. The molecule has 0 saturated heterocycles. The lowest BCUT2D eigenvalue weighted by atomic mass is 10.0. The second kappa shape index (κ2) is 4.93. The summed E-state index contributed by atoms with van der Waals surface area (Å²) in [6, 6.07) is 7.02. The van der Waals surface area contributed by atoms with Crippen LogP contribution in [0.5, 0.6) is 5.75 Å². The molecule has 3 rings (SSSR count). The van der Waals surface area contributed by atoms with Crippen LogP contribution < -0.4 is 5.32 Å². The van der Waals surface area contributed by atoms with Gasteiger partial charge in [-0.1, -0.05) is 25.8 Å². The minimum absolute atomic E-state index is 0.402. The highest BCUT2D eigenvalue weighted by molar-refractivity contribution is 5.40. The predicted molar refractivity (Wildman–Crippen MR) is 73.7 cm³/mol. The van der Waals surface area contributed by atoms with Gasteiger partial charge in [0, 0.05) is 12.1 Å². The number of phenolic OH excluding ortho intramolecular Hbond substituents is 1. The number of hydrogen-bond donors (Lipinski definition) is 2. The van der Waals surface area contributed by atoms with Crippen molar-refractivity contribution in [1.82, 2.24) is 5.32 Å². The van der Waals surface area contributed by atoms with Crippen LogP contribution in [-0.4, -0.2) is 11.1 Å². The van der Waals surface area contributed by atoms with Gasteiger partial charge in [-0.15, -0.1) is 0 Å². The Morgan fingerprint density at radius 1 is 1.33 bits per heavy atom. The lowest BCUT2D eigenvalue weighted by molar-refractivity contribution is 0.388. The second-order valence-electron chi connectivity index (χ2n) is 5.93. The molecule has 0 aromatic heterocycles. The first kappa shape index (κ1) is 12.0. The average molecular weight is 245 g/mol. The van der Waals surface area contributed by atoms with Crippen molar-refractivity contribution in [1.29, 1.82) is 0 Å². The Labute approximate surface area is 109 Å². The molecule has 18 heavy (non-hydrogen) atoms. The molecule has 1 aromatic carbocycles. The van der Waals surface area contributed by atoms with Gasteiger partial charge in [-0.3, -0.25) is 0 Å². The molecule has 2 N–H and O–H groups in total. The molecule has 98 valence electrons. The molecular weight excluding hydrogens is 222 g/mol. The number of aryl methyl sites for hydroxylation is 1. The summed E-state index contributed by atoms with van der Waals surface area (Å²) in [5.74, 6) is 1.39. The zero-order valence-electron chi connectivity index (χ0n) is 11.2. The van der Waals surface area contributed by atoms with Crippen LogP contribution in [0.25, 0.3) is 0 Å². The van der Waals surface area contributed by atoms with Crippen molar-refractivity contribution in [3.05, 3.63) is 29.3 Å². The van der Waals surface area contributed by atoms with Crippen molar-refractivity contribution < 1.29 is 5.11 Å². The lowest BCUT2D eigenvalue weighted by Crippen LogP contribution is -2.31. The minimum Gasteiger partial charge on any atom is -0.508 e. The Balaban J connectivity index is 1.67. The summed E-state index contributed by atoms with van der Waals surface area (Å²) in [6.07, 6.45) is 7.72. The van der Waals surface area contributed by atoms with Crippen LogP contribution in [0.3, 0.4) is 0 Å². The number of phenols is 1. The number of rotatable bonds is 5. The fourth-order valence-corrected chi connectivity index (χ4v) is 3.17. The molecule has 0 radical (unpaired) electrons. The molecule has 0 heterocycles. The third-order valence-corrected chi connectivity index (χ3v) is 4.45. The van der Waals surface area contributed by atoms with Crippen molar-refractivity contribution in [3.8, 4) is 5.75 Å². The van der Waals surface area contributed by atoms with Crippen LogP contribution >= 0.6 is 0 Å². The Hall–Kier alpha value is -1.02. The van der Waals surface area contributed by atoms with E-state index in [-0.39, 0.29) is 0 Å². The molecule has 2 aliphatic rings. The first-order chi connectivity index (χ1) is 8.76. The van der Waals surface area contributed by atoms with Gasteiger partial charge in [0.2, 0.25) is 0 Å². The largest absolute Gasteiger partial charge is 0.508 e. The maximum atomic E-state index is 9.52. The van der Waals surface area contributed by atoms with Crippen LogP contribution in [0, 0.1) is 5.92 Å². The summed E-state index contributed by atoms with van der Waals surface area (Å²) in [6.45, 7) is 2.28. The van der Waals surface area contributed by atoms with Gasteiger partial charge in [0.15, 0.2) is 0 Å². The maximum absolute atomic E-state index is 9.52. The highest BCUT2D eigenvalue weighted by Gasteiger charge is 2.28. The van der Waals surface area contributed by atoms with E-state index < -0.39 is 0 Å². The van der Waals surface area contributed by atoms with Gasteiger partial charge in [0.1, 0.15) is 5.75 Å². The molecule has 2 aliphatic carbocycles. The van der Waals surface area contributed by atoms with Crippen LogP contribution in [-0.2, 0) is 6.42 Å². The molecule has 0 amide bonds. The van der Waals surface area contributed by atoms with Crippen LogP contribution in [0.1, 0.15) is 56.2 Å². The zero-order chi connectivity index (χ0) is 12.5. The molecule has 0 aliphatic heterocycles. The minimum atomic E-state index is 0.402. The number of hydrogen-bond acceptors (Lipinski definition) is 2. The fraction of sp³-hybridized carbons (Fsp3) is 0.625. The molecule has 1 aromatic rings. The van der Waals surface area contributed by atoms with Gasteiger partial charge in [-0.25, -0.2) is 0 Å². The van der Waals surface area contributed by atoms with E-state index in [9.17, 15) is 5.11 Å². The number of nitrogens with one attached hydrogen (secondary N) is 1. The van der Waals surface area contributed by atoms with Crippen molar-refractivity contribution in [2.24, 2.45) is 5.92 Å². The summed E-state index contributed by atoms with van der Waals surface area (Å²) in [5, 5.41) is 13.3. The third-order valence-electron chi connectivity index (χ3n) is 4.45. The highest BCUT2D eigenvalue weighted by Crippen LogP contribution is 2.37. The summed E-state index contributed by atoms with van der Waals surface area (Å²) in [5.41, 5.74) is 2.73. The number of aromatic hydroxyl groups is 1. The predicted octanol–water partition coefficient (Wildman–Crippen LogP) is 3.55. The van der Waals surface area contributed by atoms with Crippen LogP contribution in [0.15, 0.2) is 18.2 Å². The Morgan fingerprint density at radius 3 is 2.89 bits per heavy atom. The fourth-order valence-electron chi connectivity index (χ4n) is 3.17. The quantitative estimate of drug-likeness (QED) is 0.831. The Morgan fingerprint density at radius 2 is 2.17 bits per heavy atom. The van der Waals surface area contributed by atoms with E-state index in [0.29, 0.717) is 17.8 Å². The van der Waals surface area contributed by atoms with E-state index in [0.717, 1.165) is 12.3 Å². The molecule has 0 bridgehead atoms. The third kappa shape index (κ3) is 2.54. The molecule has 2 atom stereocenters. The molecular formula is C16H23NO. The summed E-state index contributed by atoms with van der Waals surface area (Å²) in [4.78, 5) is 0. The van der Waals surface area contributed by atoms with Gasteiger partial charge >= 0.3 is 0 Å². The maximum Gasteiger partial charge on any atom is 0.115 e. The molecule has 2 heteroatoms. The van der Waals surface area contributed by atoms with Crippen LogP contribution in [0.2, 0.25) is 0 Å². The lowest BCUT2D eigenvalue weighted by Gasteiger charge is -2.22. The molecule has 1 saturated carbocycles. The molecule has 1 fully saturated rings. The van der Waals surface area contributed by atoms with E-state index in [4.69, 9.17) is 0 Å².